The third-order valence-corrected chi connectivity index (χ3v) is 6.97. The lowest BCUT2D eigenvalue weighted by Crippen LogP contribution is -2.29. The van der Waals surface area contributed by atoms with Crippen molar-refractivity contribution in [1.29, 1.82) is 0 Å². The Morgan fingerprint density at radius 1 is 0.585 bits per heavy atom. The van der Waals surface area contributed by atoms with E-state index >= 15 is 0 Å². The highest BCUT2D eigenvalue weighted by Gasteiger charge is 2.39. The summed E-state index contributed by atoms with van der Waals surface area (Å²) < 4.78 is 0. The van der Waals surface area contributed by atoms with Gasteiger partial charge in [-0.1, -0.05) is 30.0 Å². The Kier molecular flexibility index (Phi) is 5.62. The molecule has 0 fully saturated rings. The van der Waals surface area contributed by atoms with Crippen molar-refractivity contribution in [3.8, 4) is 35.8 Å². The van der Waals surface area contributed by atoms with Crippen LogP contribution in [0.15, 0.2) is 78.9 Å². The highest BCUT2D eigenvalue weighted by atomic mass is 16.4. The van der Waals surface area contributed by atoms with E-state index in [2.05, 4.69) is 11.8 Å². The maximum atomic E-state index is 13.4. The molecule has 2 aliphatic rings. The second-order valence-corrected chi connectivity index (χ2v) is 9.32. The van der Waals surface area contributed by atoms with Gasteiger partial charge in [0.25, 0.3) is 23.6 Å². The summed E-state index contributed by atoms with van der Waals surface area (Å²) in [7, 11) is 0. The number of hydrogen-bond acceptors (Lipinski definition) is 5. The number of carboxylic acids is 1. The first-order chi connectivity index (χ1) is 19.7. The van der Waals surface area contributed by atoms with Crippen LogP contribution in [0.3, 0.4) is 0 Å². The van der Waals surface area contributed by atoms with Crippen LogP contribution < -0.4 is 9.80 Å². The van der Waals surface area contributed by atoms with Crippen molar-refractivity contribution in [1.82, 2.24) is 0 Å². The van der Waals surface area contributed by atoms with E-state index in [0.29, 0.717) is 22.4 Å². The molecule has 0 spiro atoms. The molecule has 0 bridgehead atoms. The molecule has 0 saturated heterocycles. The maximum Gasteiger partial charge on any atom is 0.335 e. The Hall–Kier alpha value is -6.25. The van der Waals surface area contributed by atoms with Gasteiger partial charge in [-0.3, -0.25) is 19.2 Å². The van der Waals surface area contributed by atoms with Gasteiger partial charge >= 0.3 is 5.97 Å². The molecule has 4 aromatic carbocycles. The fourth-order valence-corrected chi connectivity index (χ4v) is 4.99. The monoisotopic (exact) mass is 536 g/mol. The van der Waals surface area contributed by atoms with Crippen LogP contribution in [0, 0.1) is 24.7 Å². The summed E-state index contributed by atoms with van der Waals surface area (Å²) in [4.78, 5) is 66.5. The summed E-state index contributed by atoms with van der Waals surface area (Å²) >= 11 is 0. The van der Waals surface area contributed by atoms with Gasteiger partial charge in [-0.15, -0.1) is 12.8 Å². The summed E-state index contributed by atoms with van der Waals surface area (Å²) in [6, 6.07) is 19.8. The first kappa shape index (κ1) is 25.1. The predicted molar refractivity (Wildman–Crippen MR) is 150 cm³/mol. The number of terminal acetylenes is 2. The lowest BCUT2D eigenvalue weighted by molar-refractivity contribution is 0.0695. The molecular formula is C33H16N2O6. The number of imide groups is 2. The second kappa shape index (κ2) is 9.19. The lowest BCUT2D eigenvalue weighted by atomic mass is 9.97. The Balaban J connectivity index is 1.36. The zero-order chi connectivity index (χ0) is 29.0. The molecule has 41 heavy (non-hydrogen) atoms. The molecule has 0 radical (unpaired) electrons. The standard InChI is InChI=1S/C33H16N2O6/c1-3-18-6-5-7-23(13-18)34-29(36)25-10-8-20(16-27(25)31(34)38)21-9-11-26-28(17-21)32(39)35(30(26)37)24-14-19(4-2)12-22(15-24)33(40)41/h1-2,5-17H,(H,40,41). The first-order valence-corrected chi connectivity index (χ1v) is 12.2. The highest BCUT2D eigenvalue weighted by molar-refractivity contribution is 6.36. The van der Waals surface area contributed by atoms with Crippen LogP contribution in [0.25, 0.3) is 11.1 Å². The van der Waals surface area contributed by atoms with E-state index < -0.39 is 29.6 Å². The van der Waals surface area contributed by atoms with Crippen molar-refractivity contribution in [2.24, 2.45) is 0 Å². The molecule has 0 aliphatic carbocycles. The molecule has 0 unspecified atom stereocenters. The first-order valence-electron chi connectivity index (χ1n) is 12.2. The van der Waals surface area contributed by atoms with Gasteiger partial charge < -0.3 is 5.11 Å². The third kappa shape index (κ3) is 3.87. The fraction of sp³-hybridized carbons (Fsp3) is 0. The lowest BCUT2D eigenvalue weighted by Gasteiger charge is -2.15. The zero-order valence-corrected chi connectivity index (χ0v) is 21.0. The van der Waals surface area contributed by atoms with Crippen LogP contribution in [-0.4, -0.2) is 34.7 Å². The van der Waals surface area contributed by atoms with E-state index in [0.717, 1.165) is 9.80 Å². The van der Waals surface area contributed by atoms with Crippen LogP contribution in [0.1, 0.15) is 62.9 Å². The topological polar surface area (TPSA) is 112 Å². The normalized spacial score (nSPS) is 13.6. The minimum Gasteiger partial charge on any atom is -0.478 e. The summed E-state index contributed by atoms with van der Waals surface area (Å²) in [6.45, 7) is 0. The van der Waals surface area contributed by atoms with Crippen molar-refractivity contribution >= 4 is 41.0 Å². The van der Waals surface area contributed by atoms with Gasteiger partial charge in [-0.25, -0.2) is 14.6 Å². The largest absolute Gasteiger partial charge is 0.478 e. The van der Waals surface area contributed by atoms with E-state index in [1.165, 1.54) is 30.3 Å². The van der Waals surface area contributed by atoms with Gasteiger partial charge in [0.1, 0.15) is 0 Å². The summed E-state index contributed by atoms with van der Waals surface area (Å²) in [5.41, 5.74) is 2.70. The molecule has 1 N–H and O–H groups in total. The van der Waals surface area contributed by atoms with Crippen LogP contribution in [0.2, 0.25) is 0 Å². The number of carboxylic acid groups (broad SMARTS) is 1. The summed E-state index contributed by atoms with van der Waals surface area (Å²) in [5, 5.41) is 9.43. The van der Waals surface area contributed by atoms with Crippen LogP contribution in [0.4, 0.5) is 11.4 Å². The Labute approximate surface area is 233 Å². The van der Waals surface area contributed by atoms with Gasteiger partial charge in [-0.05, 0) is 71.8 Å². The number of anilines is 2. The molecule has 4 aromatic rings. The van der Waals surface area contributed by atoms with E-state index in [1.807, 2.05) is 0 Å². The highest BCUT2D eigenvalue weighted by Crippen LogP contribution is 2.35. The van der Waals surface area contributed by atoms with Crippen LogP contribution in [0.5, 0.6) is 0 Å². The number of fused-ring (bicyclic) bond motifs is 2. The molecule has 8 nitrogen and oxygen atoms in total. The molecule has 0 atom stereocenters. The third-order valence-electron chi connectivity index (χ3n) is 6.97. The molecule has 194 valence electrons. The van der Waals surface area contributed by atoms with Gasteiger partial charge in [0.15, 0.2) is 0 Å². The minimum absolute atomic E-state index is 0.0428. The Bertz CT molecular complexity index is 1990. The van der Waals surface area contributed by atoms with Crippen molar-refractivity contribution in [2.45, 2.75) is 0 Å². The molecule has 2 aliphatic heterocycles. The molecule has 6 rings (SSSR count). The van der Waals surface area contributed by atoms with Gasteiger partial charge in [-0.2, -0.15) is 0 Å². The molecule has 8 heteroatoms. The van der Waals surface area contributed by atoms with Crippen molar-refractivity contribution in [2.75, 3.05) is 9.80 Å². The number of amides is 4. The number of carbonyl (C=O) groups is 5. The van der Waals surface area contributed by atoms with Crippen molar-refractivity contribution in [3.05, 3.63) is 118 Å². The average molecular weight is 536 g/mol. The SMILES string of the molecule is C#Cc1cccc(N2C(=O)c3ccc(-c4ccc5c(c4)C(=O)N(c4cc(C#C)cc(C(=O)O)c4)C5=O)cc3C2=O)c1. The van der Waals surface area contributed by atoms with E-state index in [4.69, 9.17) is 12.8 Å². The number of nitrogens with zero attached hydrogens (tertiary/aromatic N) is 2. The second-order valence-electron chi connectivity index (χ2n) is 9.32. The molecule has 0 aromatic heterocycles. The maximum absolute atomic E-state index is 13.4. The van der Waals surface area contributed by atoms with E-state index in [1.54, 1.807) is 48.5 Å². The fourth-order valence-electron chi connectivity index (χ4n) is 4.99. The molecule has 0 saturated carbocycles. The molecular weight excluding hydrogens is 520 g/mol. The van der Waals surface area contributed by atoms with Gasteiger partial charge in [0.2, 0.25) is 0 Å². The summed E-state index contributed by atoms with van der Waals surface area (Å²) in [6.07, 6.45) is 10.9. The number of hydrogen-bond donors (Lipinski definition) is 1. The average Bonchev–Trinajstić information content (AvgIpc) is 3.39. The summed E-state index contributed by atoms with van der Waals surface area (Å²) in [5.74, 6) is 1.30. The van der Waals surface area contributed by atoms with Crippen molar-refractivity contribution in [3.63, 3.8) is 0 Å². The molecule has 2 heterocycles. The van der Waals surface area contributed by atoms with Gasteiger partial charge in [0.05, 0.1) is 39.2 Å². The quantitative estimate of drug-likeness (QED) is 0.301. The zero-order valence-electron chi connectivity index (χ0n) is 21.0. The number of carbonyl (C=O) groups excluding carboxylic acids is 4. The van der Waals surface area contributed by atoms with E-state index in [-0.39, 0.29) is 39.1 Å². The van der Waals surface area contributed by atoms with Crippen LogP contribution in [-0.2, 0) is 0 Å². The van der Waals surface area contributed by atoms with Crippen molar-refractivity contribution < 1.29 is 29.1 Å². The Morgan fingerprint density at radius 3 is 1.63 bits per heavy atom. The van der Waals surface area contributed by atoms with E-state index in [9.17, 15) is 29.1 Å². The molecule has 4 amide bonds. The Morgan fingerprint density at radius 2 is 1.10 bits per heavy atom. The van der Waals surface area contributed by atoms with Gasteiger partial charge in [0, 0.05) is 11.1 Å². The van der Waals surface area contributed by atoms with Crippen LogP contribution >= 0.6 is 0 Å². The number of benzene rings is 4. The smallest absolute Gasteiger partial charge is 0.335 e. The minimum atomic E-state index is -1.26. The number of rotatable bonds is 4. The number of aromatic carboxylic acids is 1. The predicted octanol–water partition coefficient (Wildman–Crippen LogP) is 4.62.